The molecule has 0 radical (unpaired) electrons. The third kappa shape index (κ3) is 5.36. The predicted molar refractivity (Wildman–Crippen MR) is 101 cm³/mol. The monoisotopic (exact) mass is 376 g/mol. The lowest BCUT2D eigenvalue weighted by molar-refractivity contribution is -0.122. The van der Waals surface area contributed by atoms with Gasteiger partial charge in [0.1, 0.15) is 5.82 Å². The van der Waals surface area contributed by atoms with E-state index in [2.05, 4.69) is 10.2 Å². The van der Waals surface area contributed by atoms with Crippen molar-refractivity contribution in [2.45, 2.75) is 50.5 Å². The molecule has 27 heavy (non-hydrogen) atoms. The summed E-state index contributed by atoms with van der Waals surface area (Å²) >= 11 is 0. The van der Waals surface area contributed by atoms with Gasteiger partial charge in [-0.2, -0.15) is 0 Å². The second-order valence-corrected chi connectivity index (χ2v) is 7.59. The van der Waals surface area contributed by atoms with E-state index in [9.17, 15) is 14.0 Å². The smallest absolute Gasteiger partial charge is 0.220 e. The Morgan fingerprint density at radius 3 is 2.37 bits per heavy atom. The number of ether oxygens (including phenoxy) is 1. The first-order valence-corrected chi connectivity index (χ1v) is 9.97. The summed E-state index contributed by atoms with van der Waals surface area (Å²) in [6.45, 7) is 3.97. The van der Waals surface area contributed by atoms with E-state index >= 15 is 0 Å². The molecule has 1 heterocycles. The van der Waals surface area contributed by atoms with Gasteiger partial charge in [-0.15, -0.1) is 0 Å². The molecule has 1 aliphatic heterocycles. The Balaban J connectivity index is 1.50. The predicted octanol–water partition coefficient (Wildman–Crippen LogP) is 2.94. The van der Waals surface area contributed by atoms with E-state index in [-0.39, 0.29) is 35.9 Å². The van der Waals surface area contributed by atoms with E-state index in [0.717, 1.165) is 39.1 Å². The number of Topliss-reactive ketones (excluding diaryl/α,β-unsaturated/α-hetero) is 1. The molecule has 148 valence electrons. The van der Waals surface area contributed by atoms with Crippen LogP contribution >= 0.6 is 0 Å². The zero-order valence-corrected chi connectivity index (χ0v) is 15.8. The van der Waals surface area contributed by atoms with Gasteiger partial charge in [0.05, 0.1) is 13.2 Å². The first kappa shape index (κ1) is 20.0. The van der Waals surface area contributed by atoms with E-state index in [1.54, 1.807) is 0 Å². The lowest BCUT2D eigenvalue weighted by atomic mass is 9.79. The van der Waals surface area contributed by atoms with Crippen molar-refractivity contribution in [3.8, 4) is 0 Å². The van der Waals surface area contributed by atoms with Crippen LogP contribution in [0.3, 0.4) is 0 Å². The molecule has 0 aromatic heterocycles. The van der Waals surface area contributed by atoms with E-state index in [1.807, 2.05) is 0 Å². The van der Waals surface area contributed by atoms with Crippen molar-refractivity contribution in [1.82, 2.24) is 10.2 Å². The second kappa shape index (κ2) is 9.42. The van der Waals surface area contributed by atoms with Gasteiger partial charge in [-0.1, -0.05) is 19.3 Å². The molecule has 1 N–H and O–H groups in total. The maximum absolute atomic E-state index is 12.9. The molecular formula is C21H29FN2O3. The van der Waals surface area contributed by atoms with Gasteiger partial charge in [0.25, 0.3) is 0 Å². The van der Waals surface area contributed by atoms with Crippen molar-refractivity contribution >= 4 is 11.7 Å². The van der Waals surface area contributed by atoms with Crippen molar-refractivity contribution in [1.29, 1.82) is 0 Å². The van der Waals surface area contributed by atoms with Crippen LogP contribution in [0, 0.1) is 5.82 Å². The number of amides is 1. The molecule has 6 heteroatoms. The minimum atomic E-state index is -0.370. The van der Waals surface area contributed by atoms with E-state index in [4.69, 9.17) is 4.74 Å². The summed E-state index contributed by atoms with van der Waals surface area (Å²) in [6, 6.07) is 5.46. The fraction of sp³-hybridized carbons (Fsp3) is 0.619. The maximum atomic E-state index is 12.9. The minimum Gasteiger partial charge on any atom is -0.379 e. The first-order chi connectivity index (χ1) is 13.1. The second-order valence-electron chi connectivity index (χ2n) is 7.59. The molecule has 0 unspecified atom stereocenters. The number of nitrogens with one attached hydrogen (secondary N) is 1. The Labute approximate surface area is 160 Å². The molecule has 1 aliphatic carbocycles. The normalized spacial score (nSPS) is 20.2. The van der Waals surface area contributed by atoms with Crippen LogP contribution in [0.2, 0.25) is 0 Å². The van der Waals surface area contributed by atoms with Crippen molar-refractivity contribution in [3.63, 3.8) is 0 Å². The topological polar surface area (TPSA) is 58.6 Å². The fourth-order valence-corrected chi connectivity index (χ4v) is 4.21. The van der Waals surface area contributed by atoms with Crippen LogP contribution in [-0.2, 0) is 9.53 Å². The van der Waals surface area contributed by atoms with Crippen LogP contribution in [0.1, 0.15) is 55.3 Å². The summed E-state index contributed by atoms with van der Waals surface area (Å²) in [5.41, 5.74) is 0.472. The number of nitrogens with zero attached hydrogens (tertiary/aromatic N) is 1. The molecule has 1 amide bonds. The molecule has 0 bridgehead atoms. The standard InChI is InChI=1S/C21H29FN2O3/c22-18-6-4-17(5-7-18)19(25)8-9-20(26)23-16-21(10-2-1-3-11-21)24-12-14-27-15-13-24/h4-7H,1-3,8-16H2,(H,23,26). The lowest BCUT2D eigenvalue weighted by Gasteiger charge is -2.48. The van der Waals surface area contributed by atoms with Gasteiger partial charge >= 0.3 is 0 Å². The van der Waals surface area contributed by atoms with Crippen molar-refractivity contribution in [2.75, 3.05) is 32.8 Å². The van der Waals surface area contributed by atoms with Gasteiger partial charge in [-0.05, 0) is 37.1 Å². The van der Waals surface area contributed by atoms with Crippen LogP contribution in [0.4, 0.5) is 4.39 Å². The van der Waals surface area contributed by atoms with Crippen molar-refractivity contribution in [2.24, 2.45) is 0 Å². The summed E-state index contributed by atoms with van der Waals surface area (Å²) in [7, 11) is 0. The Hall–Kier alpha value is -1.79. The van der Waals surface area contributed by atoms with Crippen LogP contribution in [0.25, 0.3) is 0 Å². The molecule has 1 saturated carbocycles. The number of ketones is 1. The van der Waals surface area contributed by atoms with Crippen molar-refractivity contribution in [3.05, 3.63) is 35.6 Å². The van der Waals surface area contributed by atoms with E-state index < -0.39 is 0 Å². The molecule has 3 rings (SSSR count). The third-order valence-electron chi connectivity index (χ3n) is 5.83. The first-order valence-electron chi connectivity index (χ1n) is 9.97. The van der Waals surface area contributed by atoms with Crippen LogP contribution in [-0.4, -0.2) is 55.0 Å². The number of carbonyl (C=O) groups excluding carboxylic acids is 2. The van der Waals surface area contributed by atoms with E-state index in [0.29, 0.717) is 12.1 Å². The molecule has 5 nitrogen and oxygen atoms in total. The number of halogens is 1. The number of morpholine rings is 1. The maximum Gasteiger partial charge on any atom is 0.220 e. The number of benzene rings is 1. The Kier molecular flexibility index (Phi) is 6.96. The zero-order chi connectivity index (χ0) is 19.1. The third-order valence-corrected chi connectivity index (χ3v) is 5.83. The van der Waals surface area contributed by atoms with Gasteiger partial charge < -0.3 is 10.1 Å². The summed E-state index contributed by atoms with van der Waals surface area (Å²) < 4.78 is 18.4. The molecule has 0 spiro atoms. The van der Waals surface area contributed by atoms with Gasteiger partial charge in [0.2, 0.25) is 5.91 Å². The Bertz CT molecular complexity index is 635. The highest BCUT2D eigenvalue weighted by Crippen LogP contribution is 2.33. The average Bonchev–Trinajstić information content (AvgIpc) is 2.72. The summed E-state index contributed by atoms with van der Waals surface area (Å²) in [5.74, 6) is -0.598. The van der Waals surface area contributed by atoms with Crippen LogP contribution in [0.15, 0.2) is 24.3 Å². The summed E-state index contributed by atoms with van der Waals surface area (Å²) in [6.07, 6.45) is 6.14. The molecule has 1 aromatic rings. The molecule has 0 atom stereocenters. The summed E-state index contributed by atoms with van der Waals surface area (Å²) in [4.78, 5) is 27.0. The number of hydrogen-bond acceptors (Lipinski definition) is 4. The van der Waals surface area contributed by atoms with Gasteiger partial charge in [-0.3, -0.25) is 14.5 Å². The minimum absolute atomic E-state index is 0.0264. The van der Waals surface area contributed by atoms with Gasteiger partial charge in [0.15, 0.2) is 5.78 Å². The SMILES string of the molecule is O=C(CCC(=O)c1ccc(F)cc1)NCC1(N2CCOCC2)CCCCC1. The number of carbonyl (C=O) groups is 2. The average molecular weight is 376 g/mol. The van der Waals surface area contributed by atoms with Gasteiger partial charge in [0, 0.05) is 43.6 Å². The highest BCUT2D eigenvalue weighted by Gasteiger charge is 2.38. The fourth-order valence-electron chi connectivity index (χ4n) is 4.21. The quantitative estimate of drug-likeness (QED) is 0.744. The zero-order valence-electron chi connectivity index (χ0n) is 15.8. The molecule has 2 aliphatic rings. The van der Waals surface area contributed by atoms with Gasteiger partial charge in [-0.25, -0.2) is 4.39 Å². The van der Waals surface area contributed by atoms with Crippen molar-refractivity contribution < 1.29 is 18.7 Å². The molecule has 1 saturated heterocycles. The number of hydrogen-bond donors (Lipinski definition) is 1. The summed E-state index contributed by atoms with van der Waals surface area (Å²) in [5, 5.41) is 3.07. The molecule has 1 aromatic carbocycles. The highest BCUT2D eigenvalue weighted by atomic mass is 19.1. The largest absolute Gasteiger partial charge is 0.379 e. The van der Waals surface area contributed by atoms with Crippen LogP contribution < -0.4 is 5.32 Å². The molecule has 2 fully saturated rings. The Morgan fingerprint density at radius 2 is 1.70 bits per heavy atom. The van der Waals surface area contributed by atoms with E-state index in [1.165, 1.54) is 43.5 Å². The Morgan fingerprint density at radius 1 is 1.04 bits per heavy atom. The molecular weight excluding hydrogens is 347 g/mol. The lowest BCUT2D eigenvalue weighted by Crippen LogP contribution is -2.59. The number of rotatable bonds is 7. The van der Waals surface area contributed by atoms with Crippen LogP contribution in [0.5, 0.6) is 0 Å². The highest BCUT2D eigenvalue weighted by molar-refractivity contribution is 5.97.